The summed E-state index contributed by atoms with van der Waals surface area (Å²) in [6.07, 6.45) is 7.22. The Morgan fingerprint density at radius 3 is 2.71 bits per heavy atom. The van der Waals surface area contributed by atoms with E-state index >= 15 is 0 Å². The SMILES string of the molecule is CC#CC(C(=O)N(c1ccccn1)C1CCCCC1)c1ccc2c(c1)OCO2. The van der Waals surface area contributed by atoms with Crippen molar-refractivity contribution in [2.75, 3.05) is 11.7 Å². The van der Waals surface area contributed by atoms with Crippen LogP contribution in [-0.2, 0) is 4.79 Å². The Bertz CT molecular complexity index is 895. The first-order valence-corrected chi connectivity index (χ1v) is 9.84. The summed E-state index contributed by atoms with van der Waals surface area (Å²) in [4.78, 5) is 20.1. The molecule has 1 atom stereocenters. The molecule has 4 rings (SSSR count). The molecule has 1 aromatic carbocycles. The molecule has 28 heavy (non-hydrogen) atoms. The third kappa shape index (κ3) is 3.68. The number of fused-ring (bicyclic) bond motifs is 1. The standard InChI is InChI=1S/C23H24N2O3/c1-2-8-19(17-12-13-20-21(15-17)28-16-27-20)23(26)25(18-9-4-3-5-10-18)22-11-6-7-14-24-22/h6-7,11-15,18-19H,3-5,9-10,16H2,1H3. The van der Waals surface area contributed by atoms with Gasteiger partial charge in [0.25, 0.3) is 0 Å². The predicted octanol–water partition coefficient (Wildman–Crippen LogP) is 4.28. The molecule has 1 unspecified atom stereocenters. The molecule has 1 aliphatic heterocycles. The second kappa shape index (κ2) is 8.35. The summed E-state index contributed by atoms with van der Waals surface area (Å²) in [7, 11) is 0. The minimum absolute atomic E-state index is 0.0289. The molecule has 2 aromatic rings. The molecule has 0 saturated heterocycles. The van der Waals surface area contributed by atoms with Gasteiger partial charge in [0.2, 0.25) is 12.7 Å². The second-order valence-corrected chi connectivity index (χ2v) is 7.13. The number of benzene rings is 1. The van der Waals surface area contributed by atoms with Crippen LogP contribution in [0.4, 0.5) is 5.82 Å². The Labute approximate surface area is 165 Å². The van der Waals surface area contributed by atoms with Crippen LogP contribution in [0.1, 0.15) is 50.5 Å². The fourth-order valence-corrected chi connectivity index (χ4v) is 3.98. The van der Waals surface area contributed by atoms with Gasteiger partial charge in [-0.05, 0) is 49.6 Å². The normalized spacial score (nSPS) is 16.8. The van der Waals surface area contributed by atoms with Gasteiger partial charge >= 0.3 is 0 Å². The minimum Gasteiger partial charge on any atom is -0.454 e. The minimum atomic E-state index is -0.566. The molecule has 1 aromatic heterocycles. The molecule has 144 valence electrons. The fourth-order valence-electron chi connectivity index (χ4n) is 3.98. The third-order valence-electron chi connectivity index (χ3n) is 5.34. The number of pyridine rings is 1. The van der Waals surface area contributed by atoms with Crippen LogP contribution >= 0.6 is 0 Å². The first kappa shape index (κ1) is 18.4. The van der Waals surface area contributed by atoms with Gasteiger partial charge in [0, 0.05) is 12.2 Å². The van der Waals surface area contributed by atoms with Crippen molar-refractivity contribution in [3.05, 3.63) is 48.2 Å². The average Bonchev–Trinajstić information content (AvgIpc) is 3.21. The van der Waals surface area contributed by atoms with Crippen LogP contribution in [0.3, 0.4) is 0 Å². The number of ether oxygens (including phenoxy) is 2. The molecule has 1 saturated carbocycles. The van der Waals surface area contributed by atoms with E-state index < -0.39 is 5.92 Å². The number of hydrogen-bond acceptors (Lipinski definition) is 4. The van der Waals surface area contributed by atoms with Crippen molar-refractivity contribution in [3.8, 4) is 23.3 Å². The van der Waals surface area contributed by atoms with E-state index in [1.165, 1.54) is 6.42 Å². The molecule has 1 amide bonds. The molecule has 0 spiro atoms. The van der Waals surface area contributed by atoms with Gasteiger partial charge in [-0.15, -0.1) is 5.92 Å². The first-order valence-electron chi connectivity index (χ1n) is 9.84. The zero-order chi connectivity index (χ0) is 19.3. The molecule has 2 aliphatic rings. The molecule has 0 N–H and O–H groups in total. The van der Waals surface area contributed by atoms with Crippen molar-refractivity contribution in [1.82, 2.24) is 4.98 Å². The molecule has 2 heterocycles. The zero-order valence-corrected chi connectivity index (χ0v) is 16.1. The highest BCUT2D eigenvalue weighted by Gasteiger charge is 2.33. The van der Waals surface area contributed by atoms with E-state index in [0.717, 1.165) is 31.2 Å². The Balaban J connectivity index is 1.71. The number of carbonyl (C=O) groups excluding carboxylic acids is 1. The van der Waals surface area contributed by atoms with Crippen LogP contribution in [0.25, 0.3) is 0 Å². The van der Waals surface area contributed by atoms with E-state index in [0.29, 0.717) is 17.3 Å². The number of anilines is 1. The number of carbonyl (C=O) groups is 1. The Kier molecular flexibility index (Phi) is 5.48. The molecule has 1 fully saturated rings. The molecule has 5 nitrogen and oxygen atoms in total. The number of aromatic nitrogens is 1. The van der Waals surface area contributed by atoms with E-state index in [2.05, 4.69) is 16.8 Å². The highest BCUT2D eigenvalue weighted by molar-refractivity contribution is 6.00. The van der Waals surface area contributed by atoms with Crippen LogP contribution in [0.15, 0.2) is 42.6 Å². The second-order valence-electron chi connectivity index (χ2n) is 7.13. The van der Waals surface area contributed by atoms with Crippen molar-refractivity contribution < 1.29 is 14.3 Å². The Morgan fingerprint density at radius 1 is 1.14 bits per heavy atom. The molecule has 1 aliphatic carbocycles. The van der Waals surface area contributed by atoms with Gasteiger partial charge in [-0.1, -0.05) is 37.3 Å². The molecule has 5 heteroatoms. The van der Waals surface area contributed by atoms with Gasteiger partial charge in [0.05, 0.1) is 0 Å². The largest absolute Gasteiger partial charge is 0.454 e. The average molecular weight is 376 g/mol. The molecule has 0 radical (unpaired) electrons. The summed E-state index contributed by atoms with van der Waals surface area (Å²) in [6.45, 7) is 1.97. The van der Waals surface area contributed by atoms with E-state index in [1.807, 2.05) is 41.3 Å². The highest BCUT2D eigenvalue weighted by Crippen LogP contribution is 2.36. The lowest BCUT2D eigenvalue weighted by Crippen LogP contribution is -2.44. The third-order valence-corrected chi connectivity index (χ3v) is 5.34. The van der Waals surface area contributed by atoms with E-state index in [1.54, 1.807) is 13.1 Å². The molecule has 0 bridgehead atoms. The predicted molar refractivity (Wildman–Crippen MR) is 107 cm³/mol. The van der Waals surface area contributed by atoms with Crippen molar-refractivity contribution in [3.63, 3.8) is 0 Å². The summed E-state index contributed by atoms with van der Waals surface area (Å²) >= 11 is 0. The van der Waals surface area contributed by atoms with Gasteiger partial charge in [-0.3, -0.25) is 9.69 Å². The summed E-state index contributed by atoms with van der Waals surface area (Å²) in [5.41, 5.74) is 0.820. The van der Waals surface area contributed by atoms with E-state index in [9.17, 15) is 4.79 Å². The first-order chi connectivity index (χ1) is 13.8. The lowest BCUT2D eigenvalue weighted by atomic mass is 9.91. The van der Waals surface area contributed by atoms with Crippen molar-refractivity contribution in [2.24, 2.45) is 0 Å². The lowest BCUT2D eigenvalue weighted by Gasteiger charge is -2.35. The van der Waals surface area contributed by atoms with Crippen LogP contribution in [0.5, 0.6) is 11.5 Å². The maximum Gasteiger partial charge on any atom is 0.248 e. The summed E-state index contributed by atoms with van der Waals surface area (Å²) in [5, 5.41) is 0. The highest BCUT2D eigenvalue weighted by atomic mass is 16.7. The van der Waals surface area contributed by atoms with Crippen LogP contribution in [-0.4, -0.2) is 23.7 Å². The fraction of sp³-hybridized carbons (Fsp3) is 0.391. The van der Waals surface area contributed by atoms with Gasteiger partial charge in [-0.2, -0.15) is 0 Å². The van der Waals surface area contributed by atoms with Crippen LogP contribution in [0, 0.1) is 11.8 Å². The topological polar surface area (TPSA) is 51.7 Å². The maximum absolute atomic E-state index is 13.7. The molecular weight excluding hydrogens is 352 g/mol. The van der Waals surface area contributed by atoms with Crippen LogP contribution in [0.2, 0.25) is 0 Å². The zero-order valence-electron chi connectivity index (χ0n) is 16.1. The quantitative estimate of drug-likeness (QED) is 0.747. The Hall–Kier alpha value is -3.00. The van der Waals surface area contributed by atoms with Crippen molar-refractivity contribution >= 4 is 11.7 Å². The Morgan fingerprint density at radius 2 is 1.96 bits per heavy atom. The van der Waals surface area contributed by atoms with Gasteiger partial charge in [-0.25, -0.2) is 4.98 Å². The molecular formula is C23H24N2O3. The summed E-state index contributed by atoms with van der Waals surface area (Å²) < 4.78 is 10.9. The number of rotatable bonds is 4. The summed E-state index contributed by atoms with van der Waals surface area (Å²) in [5.74, 6) is 7.51. The number of hydrogen-bond donors (Lipinski definition) is 0. The maximum atomic E-state index is 13.7. The van der Waals surface area contributed by atoms with E-state index in [-0.39, 0.29) is 18.7 Å². The van der Waals surface area contributed by atoms with Gasteiger partial charge in [0.1, 0.15) is 11.7 Å². The van der Waals surface area contributed by atoms with Gasteiger partial charge in [0.15, 0.2) is 11.5 Å². The lowest BCUT2D eigenvalue weighted by molar-refractivity contribution is -0.119. The van der Waals surface area contributed by atoms with Crippen LogP contribution < -0.4 is 14.4 Å². The summed E-state index contributed by atoms with van der Waals surface area (Å²) in [6, 6.07) is 11.5. The monoisotopic (exact) mass is 376 g/mol. The van der Waals surface area contributed by atoms with Crippen molar-refractivity contribution in [1.29, 1.82) is 0 Å². The number of amides is 1. The van der Waals surface area contributed by atoms with Gasteiger partial charge < -0.3 is 9.47 Å². The number of nitrogens with zero attached hydrogens (tertiary/aromatic N) is 2. The smallest absolute Gasteiger partial charge is 0.248 e. The van der Waals surface area contributed by atoms with E-state index in [4.69, 9.17) is 9.47 Å². The van der Waals surface area contributed by atoms with Crippen molar-refractivity contribution in [2.45, 2.75) is 51.0 Å².